The zero-order chi connectivity index (χ0) is 14.7. The Labute approximate surface area is 132 Å². The van der Waals surface area contributed by atoms with Crippen LogP contribution >= 0.6 is 22.9 Å². The summed E-state index contributed by atoms with van der Waals surface area (Å²) in [6, 6.07) is 3.80. The average Bonchev–Trinajstić information content (AvgIpc) is 3.16. The first-order chi connectivity index (χ1) is 10.2. The first kappa shape index (κ1) is 14.4. The molecule has 0 radical (unpaired) electrons. The normalized spacial score (nSPS) is 16.1. The van der Waals surface area contributed by atoms with Crippen molar-refractivity contribution in [3.8, 4) is 0 Å². The number of hydrogen-bond acceptors (Lipinski definition) is 3. The molecule has 3 rings (SSSR count). The van der Waals surface area contributed by atoms with Crippen LogP contribution in [0.1, 0.15) is 29.3 Å². The van der Waals surface area contributed by atoms with Crippen LogP contribution in [0, 0.1) is 0 Å². The molecule has 0 saturated carbocycles. The summed E-state index contributed by atoms with van der Waals surface area (Å²) >= 11 is 7.37. The van der Waals surface area contributed by atoms with Gasteiger partial charge in [0.05, 0.1) is 17.2 Å². The minimum atomic E-state index is 0.00239. The first-order valence-corrected chi connectivity index (χ1v) is 8.17. The quantitative estimate of drug-likeness (QED) is 0.910. The smallest absolute Gasteiger partial charge is 0.317 e. The largest absolute Gasteiger partial charge is 0.348 e. The summed E-state index contributed by atoms with van der Waals surface area (Å²) in [5.74, 6) is 0.479. The second-order valence-electron chi connectivity index (χ2n) is 5.13. The maximum absolute atomic E-state index is 12.1. The number of aromatic amines is 1. The lowest BCUT2D eigenvalue weighted by molar-refractivity contribution is 0.180. The van der Waals surface area contributed by atoms with E-state index in [0.717, 1.165) is 35.1 Å². The number of aromatic nitrogens is 2. The standard InChI is InChI=1S/C14H17ClN4OS/c15-13-2-1-11(21-13)7-17-14(20)19-5-3-10(4-6-19)12-8-16-9-18-12/h1-2,8-10H,3-7H2,(H,16,18)(H,17,20). The van der Waals surface area contributed by atoms with E-state index in [2.05, 4.69) is 15.3 Å². The van der Waals surface area contributed by atoms with Crippen molar-refractivity contribution in [3.05, 3.63) is 39.6 Å². The Kier molecular flexibility index (Phi) is 4.45. The number of likely N-dealkylation sites (tertiary alicyclic amines) is 1. The molecule has 2 amide bonds. The molecule has 0 aliphatic carbocycles. The Hall–Kier alpha value is -1.53. The number of carbonyl (C=O) groups excluding carboxylic acids is 1. The number of thiophene rings is 1. The highest BCUT2D eigenvalue weighted by atomic mass is 35.5. The van der Waals surface area contributed by atoms with E-state index in [1.165, 1.54) is 17.0 Å². The van der Waals surface area contributed by atoms with Gasteiger partial charge in [-0.25, -0.2) is 9.78 Å². The molecule has 2 N–H and O–H groups in total. The maximum Gasteiger partial charge on any atom is 0.317 e. The molecule has 21 heavy (non-hydrogen) atoms. The number of urea groups is 1. The number of halogens is 1. The molecule has 2 aromatic heterocycles. The molecule has 7 heteroatoms. The fourth-order valence-corrected chi connectivity index (χ4v) is 3.63. The second-order valence-corrected chi connectivity index (χ2v) is 6.93. The molecule has 1 fully saturated rings. The maximum atomic E-state index is 12.1. The number of H-pyrrole nitrogens is 1. The molecule has 0 bridgehead atoms. The van der Waals surface area contributed by atoms with Gasteiger partial charge in [0.25, 0.3) is 0 Å². The van der Waals surface area contributed by atoms with Crippen molar-refractivity contribution in [2.45, 2.75) is 25.3 Å². The summed E-state index contributed by atoms with van der Waals surface area (Å²) in [6.07, 6.45) is 5.53. The second kappa shape index (κ2) is 6.49. The van der Waals surface area contributed by atoms with Gasteiger partial charge in [0.15, 0.2) is 0 Å². The van der Waals surface area contributed by atoms with Gasteiger partial charge >= 0.3 is 6.03 Å². The van der Waals surface area contributed by atoms with Crippen molar-refractivity contribution < 1.29 is 4.79 Å². The SMILES string of the molecule is O=C(NCc1ccc(Cl)s1)N1CCC(c2cnc[nH]2)CC1. The zero-order valence-corrected chi connectivity index (χ0v) is 13.1. The van der Waals surface area contributed by atoms with Crippen molar-refractivity contribution in [2.24, 2.45) is 0 Å². The van der Waals surface area contributed by atoms with Crippen LogP contribution in [0.2, 0.25) is 4.34 Å². The summed E-state index contributed by atoms with van der Waals surface area (Å²) in [5.41, 5.74) is 1.17. The number of nitrogens with zero attached hydrogens (tertiary/aromatic N) is 2. The highest BCUT2D eigenvalue weighted by molar-refractivity contribution is 7.16. The summed E-state index contributed by atoms with van der Waals surface area (Å²) in [4.78, 5) is 22.3. The van der Waals surface area contributed by atoms with Crippen molar-refractivity contribution >= 4 is 29.0 Å². The minimum Gasteiger partial charge on any atom is -0.348 e. The van der Waals surface area contributed by atoms with Crippen molar-refractivity contribution in [2.75, 3.05) is 13.1 Å². The minimum absolute atomic E-state index is 0.00239. The van der Waals surface area contributed by atoms with Crippen LogP contribution in [0.5, 0.6) is 0 Å². The molecule has 1 aliphatic rings. The van der Waals surface area contributed by atoms with Gasteiger partial charge in [0.1, 0.15) is 0 Å². The van der Waals surface area contributed by atoms with E-state index in [4.69, 9.17) is 11.6 Å². The third-order valence-corrected chi connectivity index (χ3v) is 5.02. The third kappa shape index (κ3) is 3.57. The predicted molar refractivity (Wildman–Crippen MR) is 83.7 cm³/mol. The van der Waals surface area contributed by atoms with Crippen LogP contribution in [0.3, 0.4) is 0 Å². The Morgan fingerprint density at radius 1 is 1.48 bits per heavy atom. The topological polar surface area (TPSA) is 61.0 Å². The van der Waals surface area contributed by atoms with Gasteiger partial charge in [-0.15, -0.1) is 11.3 Å². The lowest BCUT2D eigenvalue weighted by Gasteiger charge is -2.31. The molecule has 5 nitrogen and oxygen atoms in total. The average molecular weight is 325 g/mol. The highest BCUT2D eigenvalue weighted by Crippen LogP contribution is 2.26. The molecule has 3 heterocycles. The van der Waals surface area contributed by atoms with E-state index in [1.807, 2.05) is 23.2 Å². The van der Waals surface area contributed by atoms with Gasteiger partial charge in [0.2, 0.25) is 0 Å². The van der Waals surface area contributed by atoms with Crippen molar-refractivity contribution in [3.63, 3.8) is 0 Å². The van der Waals surface area contributed by atoms with E-state index in [-0.39, 0.29) is 6.03 Å². The first-order valence-electron chi connectivity index (χ1n) is 6.97. The van der Waals surface area contributed by atoms with Crippen molar-refractivity contribution in [1.29, 1.82) is 0 Å². The van der Waals surface area contributed by atoms with Crippen LogP contribution in [0.25, 0.3) is 0 Å². The van der Waals surface area contributed by atoms with Crippen LogP contribution in [-0.4, -0.2) is 34.0 Å². The molecule has 0 unspecified atom stereocenters. The summed E-state index contributed by atoms with van der Waals surface area (Å²) in [6.45, 7) is 2.10. The number of rotatable bonds is 3. The van der Waals surface area contributed by atoms with Gasteiger partial charge < -0.3 is 15.2 Å². The van der Waals surface area contributed by atoms with Gasteiger partial charge in [-0.1, -0.05) is 11.6 Å². The Balaban J connectivity index is 1.46. The molecule has 1 saturated heterocycles. The predicted octanol–water partition coefficient (Wildman–Crippen LogP) is 3.21. The Bertz CT molecular complexity index is 590. The van der Waals surface area contributed by atoms with Gasteiger partial charge in [-0.3, -0.25) is 0 Å². The summed E-state index contributed by atoms with van der Waals surface area (Å²) < 4.78 is 0.750. The molecule has 2 aromatic rings. The Morgan fingerprint density at radius 3 is 2.90 bits per heavy atom. The van der Waals surface area contributed by atoms with Gasteiger partial charge in [-0.2, -0.15) is 0 Å². The molecular weight excluding hydrogens is 308 g/mol. The molecular formula is C14H17ClN4OS. The fraction of sp³-hybridized carbons (Fsp3) is 0.429. The van der Waals surface area contributed by atoms with Crippen LogP contribution in [-0.2, 0) is 6.54 Å². The number of imidazole rings is 1. The zero-order valence-electron chi connectivity index (χ0n) is 11.5. The third-order valence-electron chi connectivity index (χ3n) is 3.78. The highest BCUT2D eigenvalue weighted by Gasteiger charge is 2.24. The van der Waals surface area contributed by atoms with E-state index in [9.17, 15) is 4.79 Å². The number of carbonyl (C=O) groups is 1. The van der Waals surface area contributed by atoms with Crippen LogP contribution in [0.4, 0.5) is 4.79 Å². The molecule has 0 spiro atoms. The Morgan fingerprint density at radius 2 is 2.29 bits per heavy atom. The fourth-order valence-electron chi connectivity index (χ4n) is 2.60. The molecule has 0 aromatic carbocycles. The summed E-state index contributed by atoms with van der Waals surface area (Å²) in [7, 11) is 0. The lowest BCUT2D eigenvalue weighted by Crippen LogP contribution is -2.43. The number of nitrogens with one attached hydrogen (secondary N) is 2. The number of amides is 2. The van der Waals surface area contributed by atoms with E-state index in [1.54, 1.807) is 6.33 Å². The number of hydrogen-bond donors (Lipinski definition) is 2. The number of piperidine rings is 1. The van der Waals surface area contributed by atoms with Crippen molar-refractivity contribution in [1.82, 2.24) is 20.2 Å². The van der Waals surface area contributed by atoms with Crippen LogP contribution < -0.4 is 5.32 Å². The van der Waals surface area contributed by atoms with E-state index >= 15 is 0 Å². The van der Waals surface area contributed by atoms with Crippen LogP contribution in [0.15, 0.2) is 24.7 Å². The molecule has 0 atom stereocenters. The van der Waals surface area contributed by atoms with E-state index in [0.29, 0.717) is 12.5 Å². The van der Waals surface area contributed by atoms with Gasteiger partial charge in [-0.05, 0) is 25.0 Å². The monoisotopic (exact) mass is 324 g/mol. The lowest BCUT2D eigenvalue weighted by atomic mass is 9.94. The summed E-state index contributed by atoms with van der Waals surface area (Å²) in [5, 5.41) is 2.95. The molecule has 112 valence electrons. The van der Waals surface area contributed by atoms with E-state index < -0.39 is 0 Å². The molecule has 1 aliphatic heterocycles. The van der Waals surface area contributed by atoms with Gasteiger partial charge in [0, 0.05) is 35.8 Å².